The fourth-order valence-corrected chi connectivity index (χ4v) is 12.9. The molecule has 0 rings (SSSR count). The molecule has 0 saturated heterocycles. The average Bonchev–Trinajstić information content (AvgIpc) is 0.900. The maximum Gasteiger partial charge on any atom is 0.472 e. The highest BCUT2D eigenvalue weighted by Crippen LogP contribution is 2.45. The number of hydrogen-bond acceptors (Lipinski definition) is 14. The number of carbonyl (C=O) groups excluding carboxylic acids is 3. The zero-order valence-corrected chi connectivity index (χ0v) is 70.2. The van der Waals surface area contributed by atoms with Crippen molar-refractivity contribution in [3.05, 3.63) is 158 Å². The molecule has 0 aliphatic heterocycles. The minimum Gasteiger partial charge on any atom is -0.463 e. The Bertz CT molecular complexity index is 2610. The molecule has 0 fully saturated rings. The van der Waals surface area contributed by atoms with E-state index < -0.39 is 91.5 Å². The van der Waals surface area contributed by atoms with Crippen LogP contribution in [0.2, 0.25) is 0 Å². The van der Waals surface area contributed by atoms with Crippen molar-refractivity contribution in [1.29, 1.82) is 0 Å². The van der Waals surface area contributed by atoms with Crippen molar-refractivity contribution in [2.24, 2.45) is 0 Å². The van der Waals surface area contributed by atoms with E-state index >= 15 is 0 Å². The standard InChI is InChI=1S/C91H154O16P2/c1-4-7-10-13-16-19-22-25-28-31-34-35-36-37-38-39-40-41-42-43-44-45-46-47-48-49-52-54-56-59-62-65-68-71-74-77-89(94)101-80-86(92)81-103-108(97,98)104-82-87(93)83-105-109(99,100)106-85-88(107-91(96)79-76-73-70-67-64-61-58-55-51-33-30-27-24-21-18-15-12-9-6-3)84-102-90(95)78-75-72-69-66-63-60-57-53-50-32-29-26-23-20-17-14-11-8-5-2/h7-8,10-11,16-21,25-30,34-35,37-38,50-51,53,55,60,63,86-88,92-93H,4-6,9,12-15,22-24,31-33,36,39-49,52,54,56-59,61-62,64-85H2,1-3H3,(H,97,98)(H,99,100)/b10-7-,11-8-,19-16-,20-17-,21-18-,28-25-,29-26-,30-27-,35-34-,38-37-,53-50-,55-51-,63-60-. The van der Waals surface area contributed by atoms with Crippen LogP contribution in [0.5, 0.6) is 0 Å². The van der Waals surface area contributed by atoms with E-state index in [1.54, 1.807) is 0 Å². The highest BCUT2D eigenvalue weighted by molar-refractivity contribution is 7.47. The van der Waals surface area contributed by atoms with Crippen molar-refractivity contribution in [3.63, 3.8) is 0 Å². The van der Waals surface area contributed by atoms with Gasteiger partial charge in [-0.15, -0.1) is 0 Å². The summed E-state index contributed by atoms with van der Waals surface area (Å²) in [6.45, 7) is 2.39. The van der Waals surface area contributed by atoms with E-state index in [0.29, 0.717) is 19.3 Å². The number of allylic oxidation sites excluding steroid dienone is 26. The molecule has 16 nitrogen and oxygen atoms in total. The van der Waals surface area contributed by atoms with E-state index in [2.05, 4.69) is 179 Å². The van der Waals surface area contributed by atoms with Crippen LogP contribution in [0.1, 0.15) is 342 Å². The summed E-state index contributed by atoms with van der Waals surface area (Å²) in [6.07, 6.45) is 104. The van der Waals surface area contributed by atoms with Crippen molar-refractivity contribution in [3.8, 4) is 0 Å². The molecule has 0 aromatic carbocycles. The predicted molar refractivity (Wildman–Crippen MR) is 454 cm³/mol. The molecular formula is C91H154O16P2. The van der Waals surface area contributed by atoms with Crippen molar-refractivity contribution in [1.82, 2.24) is 0 Å². The molecule has 0 aliphatic carbocycles. The van der Waals surface area contributed by atoms with E-state index in [-0.39, 0.29) is 19.3 Å². The Hall–Kier alpha value is -4.83. The number of hydrogen-bond donors (Lipinski definition) is 4. The number of ether oxygens (including phenoxy) is 3. The fraction of sp³-hybridized carbons (Fsp3) is 0.681. The Labute approximate surface area is 663 Å². The first-order valence-corrected chi connectivity index (χ1v) is 45.8. The van der Waals surface area contributed by atoms with Crippen molar-refractivity contribution in [2.75, 3.05) is 39.6 Å². The molecule has 0 amide bonds. The van der Waals surface area contributed by atoms with Crippen LogP contribution in [-0.4, -0.2) is 95.9 Å². The molecule has 0 aromatic rings. The molecule has 0 aromatic heterocycles. The minimum absolute atomic E-state index is 0.0785. The summed E-state index contributed by atoms with van der Waals surface area (Å²) in [5, 5.41) is 20.7. The largest absolute Gasteiger partial charge is 0.472 e. The molecule has 0 bridgehead atoms. The molecular weight excluding hydrogens is 1410 g/mol. The smallest absolute Gasteiger partial charge is 0.463 e. The van der Waals surface area contributed by atoms with Crippen LogP contribution in [0.15, 0.2) is 158 Å². The number of phosphoric ester groups is 2. The van der Waals surface area contributed by atoms with Crippen molar-refractivity contribution >= 4 is 33.6 Å². The van der Waals surface area contributed by atoms with E-state index in [4.69, 9.17) is 32.3 Å². The van der Waals surface area contributed by atoms with Crippen molar-refractivity contribution in [2.45, 2.75) is 360 Å². The summed E-state index contributed by atoms with van der Waals surface area (Å²) in [6, 6.07) is 0. The monoisotopic (exact) mass is 1570 g/mol. The van der Waals surface area contributed by atoms with Crippen LogP contribution in [0.3, 0.4) is 0 Å². The van der Waals surface area contributed by atoms with E-state index in [0.717, 1.165) is 161 Å². The third-order valence-corrected chi connectivity index (χ3v) is 19.6. The number of phosphoric acid groups is 2. The average molecular weight is 1570 g/mol. The molecule has 0 heterocycles. The topological polar surface area (TPSA) is 231 Å². The number of aliphatic hydroxyl groups excluding tert-OH is 2. The summed E-state index contributed by atoms with van der Waals surface area (Å²) in [5.41, 5.74) is 0. The maximum absolute atomic E-state index is 13.0. The summed E-state index contributed by atoms with van der Waals surface area (Å²) in [4.78, 5) is 58.8. The molecule has 5 atom stereocenters. The lowest BCUT2D eigenvalue weighted by molar-refractivity contribution is -0.161. The molecule has 4 N–H and O–H groups in total. The Morgan fingerprint density at radius 3 is 0.780 bits per heavy atom. The van der Waals surface area contributed by atoms with Gasteiger partial charge < -0.3 is 34.2 Å². The van der Waals surface area contributed by atoms with Gasteiger partial charge in [0.1, 0.15) is 25.4 Å². The Morgan fingerprint density at radius 1 is 0.266 bits per heavy atom. The molecule has 624 valence electrons. The quantitative estimate of drug-likeness (QED) is 0.0146. The summed E-state index contributed by atoms with van der Waals surface area (Å²) >= 11 is 0. The van der Waals surface area contributed by atoms with E-state index in [1.165, 1.54) is 122 Å². The van der Waals surface area contributed by atoms with Crippen LogP contribution in [0.25, 0.3) is 0 Å². The van der Waals surface area contributed by atoms with Gasteiger partial charge in [0.25, 0.3) is 0 Å². The number of rotatable bonds is 80. The van der Waals surface area contributed by atoms with Gasteiger partial charge >= 0.3 is 33.6 Å². The summed E-state index contributed by atoms with van der Waals surface area (Å²) in [5.74, 6) is -1.62. The molecule has 0 spiro atoms. The molecule has 0 saturated carbocycles. The van der Waals surface area contributed by atoms with Gasteiger partial charge in [-0.05, 0) is 148 Å². The molecule has 0 aliphatic rings. The maximum atomic E-state index is 13.0. The van der Waals surface area contributed by atoms with Gasteiger partial charge in [-0.2, -0.15) is 0 Å². The SMILES string of the molecule is CC/C=C\C/C=C\C/C=C\C/C=C\C/C=C\CCCCCCCCCCCCCCCCCCCCCC(=O)OCC(O)COP(=O)(O)OCC(O)COP(=O)(O)OCC(COC(=O)CCCCC/C=C\C/C=C\C/C=C\C/C=C\C/C=C\CC)OC(=O)CCCCCCCC/C=C\C/C=C\C/C=C\CCCCC. The number of carbonyl (C=O) groups is 3. The van der Waals surface area contributed by atoms with Gasteiger partial charge in [-0.3, -0.25) is 32.5 Å². The first kappa shape index (κ1) is 104. The van der Waals surface area contributed by atoms with Crippen LogP contribution in [-0.2, 0) is 55.8 Å². The van der Waals surface area contributed by atoms with Gasteiger partial charge in [0.2, 0.25) is 0 Å². The predicted octanol–water partition coefficient (Wildman–Crippen LogP) is 25.8. The number of aliphatic hydroxyl groups is 2. The highest BCUT2D eigenvalue weighted by Gasteiger charge is 2.29. The van der Waals surface area contributed by atoms with Crippen LogP contribution < -0.4 is 0 Å². The van der Waals surface area contributed by atoms with Gasteiger partial charge in [0.15, 0.2) is 6.10 Å². The molecule has 5 unspecified atom stereocenters. The normalized spacial score (nSPS) is 14.7. The van der Waals surface area contributed by atoms with Crippen LogP contribution in [0.4, 0.5) is 0 Å². The van der Waals surface area contributed by atoms with Gasteiger partial charge in [0, 0.05) is 19.3 Å². The summed E-state index contributed by atoms with van der Waals surface area (Å²) < 4.78 is 61.2. The van der Waals surface area contributed by atoms with E-state index in [9.17, 15) is 43.5 Å². The Morgan fingerprint density at radius 2 is 0.486 bits per heavy atom. The van der Waals surface area contributed by atoms with E-state index in [1.807, 2.05) is 0 Å². The molecule has 0 radical (unpaired) electrons. The van der Waals surface area contributed by atoms with Gasteiger partial charge in [-0.1, -0.05) is 333 Å². The third-order valence-electron chi connectivity index (χ3n) is 17.7. The van der Waals surface area contributed by atoms with Crippen LogP contribution in [0, 0.1) is 0 Å². The summed E-state index contributed by atoms with van der Waals surface area (Å²) in [7, 11) is -9.82. The minimum atomic E-state index is -4.95. The third kappa shape index (κ3) is 83.9. The Kier molecular flexibility index (Phi) is 79.0. The fourth-order valence-electron chi connectivity index (χ4n) is 11.3. The highest BCUT2D eigenvalue weighted by atomic mass is 31.2. The second-order valence-electron chi connectivity index (χ2n) is 28.2. The van der Waals surface area contributed by atoms with Gasteiger partial charge in [-0.25, -0.2) is 9.13 Å². The number of esters is 3. The molecule has 18 heteroatoms. The second-order valence-corrected chi connectivity index (χ2v) is 31.1. The van der Waals surface area contributed by atoms with Crippen LogP contribution >= 0.6 is 15.6 Å². The molecule has 109 heavy (non-hydrogen) atoms. The second kappa shape index (κ2) is 82.6. The number of unbranched alkanes of at least 4 members (excludes halogenated alkanes) is 31. The lowest BCUT2D eigenvalue weighted by Crippen LogP contribution is -2.30. The zero-order valence-electron chi connectivity index (χ0n) is 68.4. The zero-order chi connectivity index (χ0) is 79.4. The van der Waals surface area contributed by atoms with Gasteiger partial charge in [0.05, 0.1) is 26.4 Å². The lowest BCUT2D eigenvalue weighted by atomic mass is 10.0. The van der Waals surface area contributed by atoms with Crippen molar-refractivity contribution < 1.29 is 75.8 Å². The lowest BCUT2D eigenvalue weighted by Gasteiger charge is -2.21. The Balaban J connectivity index is 4.49. The first-order valence-electron chi connectivity index (χ1n) is 42.8. The first-order chi connectivity index (χ1) is 53.2.